The van der Waals surface area contributed by atoms with Gasteiger partial charge in [0.1, 0.15) is 0 Å². The average Bonchev–Trinajstić information content (AvgIpc) is 3.15. The number of carbonyl (C=O) groups is 1. The molecule has 0 atom stereocenters. The van der Waals surface area contributed by atoms with E-state index < -0.39 is 5.97 Å². The van der Waals surface area contributed by atoms with Crippen LogP contribution in [-0.2, 0) is 11.2 Å². The molecule has 0 bridgehead atoms. The smallest absolute Gasteiger partial charge is 0.303 e. The number of nitriles is 1. The molecule has 1 heterocycles. The van der Waals surface area contributed by atoms with Crippen LogP contribution in [-0.4, -0.2) is 24.2 Å². The molecule has 0 radical (unpaired) electrons. The van der Waals surface area contributed by atoms with E-state index in [0.29, 0.717) is 12.0 Å². The minimum Gasteiger partial charge on any atom is -0.481 e. The first-order valence-corrected chi connectivity index (χ1v) is 8.52. The number of aryl methyl sites for hydroxylation is 1. The molecule has 1 aliphatic heterocycles. The highest BCUT2D eigenvalue weighted by molar-refractivity contribution is 5.77. The lowest BCUT2D eigenvalue weighted by atomic mass is 10.1. The Labute approximate surface area is 147 Å². The maximum absolute atomic E-state index is 10.8. The number of hydrogen-bond acceptors (Lipinski definition) is 4. The van der Waals surface area contributed by atoms with Crippen LogP contribution in [0.3, 0.4) is 0 Å². The van der Waals surface area contributed by atoms with Crippen LogP contribution in [0.25, 0.3) is 0 Å². The molecule has 1 saturated heterocycles. The summed E-state index contributed by atoms with van der Waals surface area (Å²) in [7, 11) is 0. The molecule has 2 aromatic carbocycles. The van der Waals surface area contributed by atoms with E-state index in [9.17, 15) is 4.79 Å². The monoisotopic (exact) mass is 335 g/mol. The molecule has 25 heavy (non-hydrogen) atoms. The van der Waals surface area contributed by atoms with Crippen LogP contribution in [0.4, 0.5) is 17.1 Å². The van der Waals surface area contributed by atoms with Gasteiger partial charge in [0.15, 0.2) is 0 Å². The summed E-state index contributed by atoms with van der Waals surface area (Å²) >= 11 is 0. The summed E-state index contributed by atoms with van der Waals surface area (Å²) in [6.45, 7) is 2.08. The Morgan fingerprint density at radius 2 is 1.88 bits per heavy atom. The molecule has 3 rings (SSSR count). The van der Waals surface area contributed by atoms with E-state index >= 15 is 0 Å². The third-order valence-corrected chi connectivity index (χ3v) is 4.43. The molecule has 2 aromatic rings. The maximum atomic E-state index is 10.8. The van der Waals surface area contributed by atoms with Gasteiger partial charge in [-0.1, -0.05) is 6.07 Å². The Balaban J connectivity index is 1.87. The van der Waals surface area contributed by atoms with Gasteiger partial charge in [-0.25, -0.2) is 0 Å². The van der Waals surface area contributed by atoms with E-state index in [2.05, 4.69) is 22.4 Å². The second-order valence-electron chi connectivity index (χ2n) is 6.25. The van der Waals surface area contributed by atoms with Crippen LogP contribution in [0.2, 0.25) is 0 Å². The molecule has 128 valence electrons. The van der Waals surface area contributed by atoms with E-state index in [1.54, 1.807) is 12.1 Å². The average molecular weight is 335 g/mol. The maximum Gasteiger partial charge on any atom is 0.303 e. The van der Waals surface area contributed by atoms with Crippen molar-refractivity contribution < 1.29 is 9.90 Å². The highest BCUT2D eigenvalue weighted by Gasteiger charge is 2.16. The molecule has 5 nitrogen and oxygen atoms in total. The minimum atomic E-state index is -0.787. The fourth-order valence-electron chi connectivity index (χ4n) is 3.11. The zero-order chi connectivity index (χ0) is 17.6. The SMILES string of the molecule is N#Cc1ccc(Nc2cc(CCC(=O)O)ccc2N2CCCC2)cc1. The van der Waals surface area contributed by atoms with Gasteiger partial charge < -0.3 is 15.3 Å². The molecule has 0 unspecified atom stereocenters. The van der Waals surface area contributed by atoms with Crippen molar-refractivity contribution >= 4 is 23.0 Å². The van der Waals surface area contributed by atoms with Gasteiger partial charge in [0.25, 0.3) is 0 Å². The lowest BCUT2D eigenvalue weighted by Crippen LogP contribution is -2.19. The normalized spacial score (nSPS) is 13.5. The summed E-state index contributed by atoms with van der Waals surface area (Å²) < 4.78 is 0. The van der Waals surface area contributed by atoms with Crippen LogP contribution in [0.1, 0.15) is 30.4 Å². The van der Waals surface area contributed by atoms with Gasteiger partial charge in [-0.2, -0.15) is 5.26 Å². The molecule has 1 aliphatic rings. The van der Waals surface area contributed by atoms with Crippen molar-refractivity contribution in [2.45, 2.75) is 25.7 Å². The second kappa shape index (κ2) is 7.71. The summed E-state index contributed by atoms with van der Waals surface area (Å²) in [6, 6.07) is 15.6. The third-order valence-electron chi connectivity index (χ3n) is 4.43. The van der Waals surface area contributed by atoms with Gasteiger partial charge in [0.05, 0.1) is 23.0 Å². The number of rotatable bonds is 6. The van der Waals surface area contributed by atoms with E-state index in [4.69, 9.17) is 10.4 Å². The van der Waals surface area contributed by atoms with Crippen LogP contribution in [0, 0.1) is 11.3 Å². The van der Waals surface area contributed by atoms with Gasteiger partial charge in [0.2, 0.25) is 0 Å². The molecular formula is C20H21N3O2. The van der Waals surface area contributed by atoms with E-state index in [-0.39, 0.29) is 6.42 Å². The van der Waals surface area contributed by atoms with Crippen molar-refractivity contribution in [2.75, 3.05) is 23.3 Å². The molecule has 0 spiro atoms. The van der Waals surface area contributed by atoms with Crippen LogP contribution < -0.4 is 10.2 Å². The van der Waals surface area contributed by atoms with Crippen molar-refractivity contribution in [3.05, 3.63) is 53.6 Å². The summed E-state index contributed by atoms with van der Waals surface area (Å²) in [4.78, 5) is 13.2. The van der Waals surface area contributed by atoms with Crippen LogP contribution in [0.5, 0.6) is 0 Å². The lowest BCUT2D eigenvalue weighted by Gasteiger charge is -2.23. The lowest BCUT2D eigenvalue weighted by molar-refractivity contribution is -0.136. The number of anilines is 3. The number of nitrogens with one attached hydrogen (secondary N) is 1. The number of carboxylic acid groups (broad SMARTS) is 1. The van der Waals surface area contributed by atoms with Gasteiger partial charge in [-0.15, -0.1) is 0 Å². The zero-order valence-corrected chi connectivity index (χ0v) is 14.0. The highest BCUT2D eigenvalue weighted by Crippen LogP contribution is 2.32. The Kier molecular flexibility index (Phi) is 5.20. The van der Waals surface area contributed by atoms with Crippen molar-refractivity contribution in [3.8, 4) is 6.07 Å². The van der Waals surface area contributed by atoms with Gasteiger partial charge in [0, 0.05) is 25.2 Å². The Hall–Kier alpha value is -3.00. The van der Waals surface area contributed by atoms with Crippen molar-refractivity contribution in [3.63, 3.8) is 0 Å². The van der Waals surface area contributed by atoms with Gasteiger partial charge >= 0.3 is 5.97 Å². The topological polar surface area (TPSA) is 76.4 Å². The fourth-order valence-corrected chi connectivity index (χ4v) is 3.11. The highest BCUT2D eigenvalue weighted by atomic mass is 16.4. The largest absolute Gasteiger partial charge is 0.481 e. The predicted octanol–water partition coefficient (Wildman–Crippen LogP) is 3.92. The molecule has 2 N–H and O–H groups in total. The molecule has 0 aromatic heterocycles. The zero-order valence-electron chi connectivity index (χ0n) is 14.0. The Bertz CT molecular complexity index is 788. The standard InChI is InChI=1S/C20H21N3O2/c21-14-16-3-7-17(8-4-16)22-18-13-15(6-10-20(24)25)5-9-19(18)23-11-1-2-12-23/h3-5,7-9,13,22H,1-2,6,10-12H2,(H,24,25). The van der Waals surface area contributed by atoms with Crippen molar-refractivity contribution in [2.24, 2.45) is 0 Å². The number of hydrogen-bond donors (Lipinski definition) is 2. The number of nitrogens with zero attached hydrogens (tertiary/aromatic N) is 2. The predicted molar refractivity (Wildman–Crippen MR) is 98.3 cm³/mol. The molecular weight excluding hydrogens is 314 g/mol. The second-order valence-corrected chi connectivity index (χ2v) is 6.25. The Morgan fingerprint density at radius 3 is 2.52 bits per heavy atom. The first-order chi connectivity index (χ1) is 12.2. The minimum absolute atomic E-state index is 0.124. The van der Waals surface area contributed by atoms with Crippen molar-refractivity contribution in [1.29, 1.82) is 5.26 Å². The van der Waals surface area contributed by atoms with Gasteiger partial charge in [-0.05, 0) is 61.2 Å². The summed E-state index contributed by atoms with van der Waals surface area (Å²) in [5, 5.41) is 21.3. The number of carboxylic acids is 1. The molecule has 5 heteroatoms. The fraction of sp³-hybridized carbons (Fsp3) is 0.300. The summed E-state index contributed by atoms with van der Waals surface area (Å²) in [5.41, 5.74) is 4.66. The third kappa shape index (κ3) is 4.30. The van der Waals surface area contributed by atoms with E-state index in [1.165, 1.54) is 12.8 Å². The van der Waals surface area contributed by atoms with Crippen molar-refractivity contribution in [1.82, 2.24) is 0 Å². The summed E-state index contributed by atoms with van der Waals surface area (Å²) in [5.74, 6) is -0.787. The van der Waals surface area contributed by atoms with E-state index in [1.807, 2.05) is 24.3 Å². The van der Waals surface area contributed by atoms with Gasteiger partial charge in [-0.3, -0.25) is 4.79 Å². The first kappa shape index (κ1) is 16.8. The molecule has 0 aliphatic carbocycles. The molecule has 0 amide bonds. The quantitative estimate of drug-likeness (QED) is 0.837. The van der Waals surface area contributed by atoms with Crippen LogP contribution in [0.15, 0.2) is 42.5 Å². The van der Waals surface area contributed by atoms with Crippen LogP contribution >= 0.6 is 0 Å². The number of benzene rings is 2. The molecule has 1 fully saturated rings. The van der Waals surface area contributed by atoms with E-state index in [0.717, 1.165) is 35.7 Å². The first-order valence-electron chi connectivity index (χ1n) is 8.52. The Morgan fingerprint density at radius 1 is 1.16 bits per heavy atom. The number of aliphatic carboxylic acids is 1. The molecule has 0 saturated carbocycles. The summed E-state index contributed by atoms with van der Waals surface area (Å²) in [6.07, 6.45) is 3.02.